The molecule has 0 amide bonds. The number of piperazine rings is 1. The smallest absolute Gasteiger partial charge is 0.332 e. The minimum atomic E-state index is -0.313. The molecule has 0 atom stereocenters. The number of unbranched alkanes of at least 4 members (excludes halogenated alkanes) is 1. The van der Waals surface area contributed by atoms with Gasteiger partial charge in [0.2, 0.25) is 0 Å². The molecule has 2 aromatic heterocycles. The third-order valence-electron chi connectivity index (χ3n) is 5.95. The van der Waals surface area contributed by atoms with Gasteiger partial charge in [0.05, 0.1) is 16.4 Å². The average molecular weight is 465 g/mol. The van der Waals surface area contributed by atoms with Crippen molar-refractivity contribution in [2.45, 2.75) is 19.4 Å². The van der Waals surface area contributed by atoms with E-state index in [4.69, 9.17) is 23.2 Å². The van der Waals surface area contributed by atoms with Gasteiger partial charge in [-0.2, -0.15) is 0 Å². The molecule has 1 saturated heterocycles. The van der Waals surface area contributed by atoms with Gasteiger partial charge in [-0.15, -0.1) is 0 Å². The molecule has 10 heteroatoms. The van der Waals surface area contributed by atoms with Crippen LogP contribution in [0.5, 0.6) is 0 Å². The van der Waals surface area contributed by atoms with Gasteiger partial charge in [0.25, 0.3) is 5.56 Å². The standard InChI is InChI=1S/C21H26Cl2N6O2/c1-25-14-24-19-18(25)20(30)29(21(31)26(19)2)8-4-3-7-27-9-11-28(12-10-27)15-5-6-16(22)17(23)13-15/h5-6,13-14H,3-4,7-12H2,1-2H3. The van der Waals surface area contributed by atoms with E-state index in [1.165, 1.54) is 9.13 Å². The Balaban J connectivity index is 1.30. The Morgan fingerprint density at radius 1 is 0.968 bits per heavy atom. The molecule has 0 aliphatic carbocycles. The summed E-state index contributed by atoms with van der Waals surface area (Å²) in [5.74, 6) is 0. The van der Waals surface area contributed by atoms with E-state index in [1.807, 2.05) is 18.2 Å². The lowest BCUT2D eigenvalue weighted by Gasteiger charge is -2.36. The summed E-state index contributed by atoms with van der Waals surface area (Å²) in [6, 6.07) is 5.75. The van der Waals surface area contributed by atoms with Crippen LogP contribution < -0.4 is 16.1 Å². The summed E-state index contributed by atoms with van der Waals surface area (Å²) < 4.78 is 4.44. The van der Waals surface area contributed by atoms with E-state index in [-0.39, 0.29) is 11.2 Å². The highest BCUT2D eigenvalue weighted by molar-refractivity contribution is 6.42. The first-order valence-corrected chi connectivity index (χ1v) is 11.2. The number of hydrogen-bond donors (Lipinski definition) is 0. The normalized spacial score (nSPS) is 15.2. The topological polar surface area (TPSA) is 68.3 Å². The van der Waals surface area contributed by atoms with Crippen molar-refractivity contribution in [1.82, 2.24) is 23.6 Å². The molecule has 0 spiro atoms. The van der Waals surface area contributed by atoms with Crippen molar-refractivity contribution >= 4 is 40.1 Å². The van der Waals surface area contributed by atoms with Gasteiger partial charge in [-0.3, -0.25) is 18.8 Å². The number of aryl methyl sites for hydroxylation is 2. The largest absolute Gasteiger partial charge is 0.369 e. The van der Waals surface area contributed by atoms with Crippen LogP contribution in [0.1, 0.15) is 12.8 Å². The average Bonchev–Trinajstić information content (AvgIpc) is 3.16. The molecular weight excluding hydrogens is 439 g/mol. The van der Waals surface area contributed by atoms with Crippen molar-refractivity contribution in [1.29, 1.82) is 0 Å². The monoisotopic (exact) mass is 464 g/mol. The van der Waals surface area contributed by atoms with Crippen molar-refractivity contribution in [3.63, 3.8) is 0 Å². The van der Waals surface area contributed by atoms with Crippen LogP contribution in [-0.2, 0) is 20.6 Å². The molecule has 1 aromatic carbocycles. The molecule has 3 heterocycles. The molecule has 1 aliphatic rings. The fourth-order valence-electron chi connectivity index (χ4n) is 4.11. The number of imidazole rings is 1. The zero-order chi connectivity index (χ0) is 22.1. The van der Waals surface area contributed by atoms with Crippen molar-refractivity contribution in [2.24, 2.45) is 14.1 Å². The number of hydrogen-bond acceptors (Lipinski definition) is 5. The van der Waals surface area contributed by atoms with Crippen molar-refractivity contribution < 1.29 is 0 Å². The molecule has 3 aromatic rings. The number of benzene rings is 1. The summed E-state index contributed by atoms with van der Waals surface area (Å²) in [6.45, 7) is 5.13. The summed E-state index contributed by atoms with van der Waals surface area (Å²) >= 11 is 12.2. The molecular formula is C21H26Cl2N6O2. The van der Waals surface area contributed by atoms with E-state index in [0.29, 0.717) is 27.8 Å². The first-order chi connectivity index (χ1) is 14.9. The van der Waals surface area contributed by atoms with Gasteiger partial charge >= 0.3 is 5.69 Å². The summed E-state index contributed by atoms with van der Waals surface area (Å²) in [5, 5.41) is 1.15. The van der Waals surface area contributed by atoms with E-state index in [1.54, 1.807) is 25.0 Å². The van der Waals surface area contributed by atoms with E-state index in [2.05, 4.69) is 14.8 Å². The van der Waals surface area contributed by atoms with Crippen molar-refractivity contribution in [3.05, 3.63) is 55.4 Å². The lowest BCUT2D eigenvalue weighted by molar-refractivity contribution is 0.251. The van der Waals surface area contributed by atoms with Crippen LogP contribution in [0.15, 0.2) is 34.1 Å². The predicted octanol–water partition coefficient (Wildman–Crippen LogP) is 2.34. The van der Waals surface area contributed by atoms with Crippen molar-refractivity contribution in [3.8, 4) is 0 Å². The molecule has 0 N–H and O–H groups in total. The Morgan fingerprint density at radius 3 is 2.39 bits per heavy atom. The molecule has 166 valence electrons. The number of aromatic nitrogens is 4. The summed E-state index contributed by atoms with van der Waals surface area (Å²) in [5.41, 5.74) is 1.39. The number of nitrogens with zero attached hydrogens (tertiary/aromatic N) is 6. The van der Waals surface area contributed by atoms with Crippen LogP contribution >= 0.6 is 23.2 Å². The van der Waals surface area contributed by atoms with Crippen LogP contribution in [-0.4, -0.2) is 56.3 Å². The zero-order valence-electron chi connectivity index (χ0n) is 17.7. The maximum absolute atomic E-state index is 12.8. The second kappa shape index (κ2) is 9.06. The fraction of sp³-hybridized carbons (Fsp3) is 0.476. The van der Waals surface area contributed by atoms with Gasteiger partial charge in [0, 0.05) is 52.5 Å². The Hall–Kier alpha value is -2.29. The third-order valence-corrected chi connectivity index (χ3v) is 6.69. The fourth-order valence-corrected chi connectivity index (χ4v) is 4.40. The van der Waals surface area contributed by atoms with E-state index >= 15 is 0 Å². The van der Waals surface area contributed by atoms with Gasteiger partial charge in [-0.05, 0) is 37.6 Å². The minimum absolute atomic E-state index is 0.270. The molecule has 0 unspecified atom stereocenters. The Bertz CT molecular complexity index is 1210. The molecule has 0 bridgehead atoms. The highest BCUT2D eigenvalue weighted by Crippen LogP contribution is 2.27. The molecule has 1 fully saturated rings. The number of rotatable bonds is 6. The van der Waals surface area contributed by atoms with Crippen LogP contribution in [0.2, 0.25) is 10.0 Å². The van der Waals surface area contributed by atoms with Crippen LogP contribution in [0, 0.1) is 0 Å². The summed E-state index contributed by atoms with van der Waals surface area (Å²) in [6.07, 6.45) is 3.25. The Labute approximate surface area is 190 Å². The number of halogens is 2. The predicted molar refractivity (Wildman–Crippen MR) is 125 cm³/mol. The van der Waals surface area contributed by atoms with Gasteiger partial charge in [-0.25, -0.2) is 9.78 Å². The quantitative estimate of drug-likeness (QED) is 0.523. The van der Waals surface area contributed by atoms with E-state index in [9.17, 15) is 9.59 Å². The summed E-state index contributed by atoms with van der Waals surface area (Å²) in [4.78, 5) is 34.2. The van der Waals surface area contributed by atoms with Gasteiger partial charge < -0.3 is 9.47 Å². The number of anilines is 1. The van der Waals surface area contributed by atoms with Crippen LogP contribution in [0.25, 0.3) is 11.2 Å². The van der Waals surface area contributed by atoms with Crippen LogP contribution in [0.3, 0.4) is 0 Å². The minimum Gasteiger partial charge on any atom is -0.369 e. The highest BCUT2D eigenvalue weighted by Gasteiger charge is 2.18. The summed E-state index contributed by atoms with van der Waals surface area (Å²) in [7, 11) is 3.42. The van der Waals surface area contributed by atoms with Crippen molar-refractivity contribution in [2.75, 3.05) is 37.6 Å². The van der Waals surface area contributed by atoms with E-state index < -0.39 is 0 Å². The van der Waals surface area contributed by atoms with Gasteiger partial charge in [-0.1, -0.05) is 23.2 Å². The second-order valence-electron chi connectivity index (χ2n) is 7.96. The van der Waals surface area contributed by atoms with Gasteiger partial charge in [0.15, 0.2) is 11.2 Å². The molecule has 1 aliphatic heterocycles. The van der Waals surface area contributed by atoms with Gasteiger partial charge in [0.1, 0.15) is 0 Å². The maximum Gasteiger partial charge on any atom is 0.332 e. The molecule has 8 nitrogen and oxygen atoms in total. The third kappa shape index (κ3) is 4.37. The second-order valence-corrected chi connectivity index (χ2v) is 8.77. The molecule has 4 rings (SSSR count). The zero-order valence-corrected chi connectivity index (χ0v) is 19.2. The lowest BCUT2D eigenvalue weighted by Crippen LogP contribution is -2.46. The first-order valence-electron chi connectivity index (χ1n) is 10.4. The SMILES string of the molecule is Cn1cnc2c1c(=O)n(CCCCN1CCN(c3ccc(Cl)c(Cl)c3)CC1)c(=O)n2C. The maximum atomic E-state index is 12.8. The van der Waals surface area contributed by atoms with E-state index in [0.717, 1.165) is 51.3 Å². The lowest BCUT2D eigenvalue weighted by atomic mass is 10.2. The number of fused-ring (bicyclic) bond motifs is 1. The van der Waals surface area contributed by atoms with Crippen LogP contribution in [0.4, 0.5) is 5.69 Å². The molecule has 0 saturated carbocycles. The Kier molecular flexibility index (Phi) is 6.41. The molecule has 31 heavy (non-hydrogen) atoms. The first kappa shape index (κ1) is 21.9. The molecule has 0 radical (unpaired) electrons. The highest BCUT2D eigenvalue weighted by atomic mass is 35.5. The Morgan fingerprint density at radius 2 is 1.68 bits per heavy atom.